The van der Waals surface area contributed by atoms with E-state index in [0.717, 1.165) is 6.26 Å². The predicted molar refractivity (Wildman–Crippen MR) is 93.7 cm³/mol. The lowest BCUT2D eigenvalue weighted by Gasteiger charge is -2.04. The summed E-state index contributed by atoms with van der Waals surface area (Å²) in [6.45, 7) is 0. The molecule has 2 rings (SSSR count). The summed E-state index contributed by atoms with van der Waals surface area (Å²) in [6.07, 6.45) is 3.97. The topological polar surface area (TPSA) is 63.2 Å². The number of hydrogen-bond acceptors (Lipinski definition) is 3. The maximum Gasteiger partial charge on any atom is 0.248 e. The number of carbonyl (C=O) groups is 1. The van der Waals surface area contributed by atoms with Gasteiger partial charge in [-0.2, -0.15) is 0 Å². The predicted octanol–water partition coefficient (Wildman–Crippen LogP) is 4.05. The van der Waals surface area contributed by atoms with E-state index < -0.39 is 15.7 Å². The number of sulfone groups is 1. The van der Waals surface area contributed by atoms with Gasteiger partial charge in [0, 0.05) is 28.1 Å². The van der Waals surface area contributed by atoms with Crippen LogP contribution in [0, 0.1) is 0 Å². The minimum atomic E-state index is -3.33. The Bertz CT molecular complexity index is 877. The van der Waals surface area contributed by atoms with Crippen LogP contribution in [-0.2, 0) is 14.6 Å². The highest BCUT2D eigenvalue weighted by Crippen LogP contribution is 2.22. The van der Waals surface area contributed by atoms with Gasteiger partial charge >= 0.3 is 0 Å². The molecule has 23 heavy (non-hydrogen) atoms. The van der Waals surface area contributed by atoms with Crippen molar-refractivity contribution in [2.75, 3.05) is 11.6 Å². The van der Waals surface area contributed by atoms with E-state index in [2.05, 4.69) is 5.32 Å². The molecule has 0 aliphatic rings. The Morgan fingerprint density at radius 2 is 1.87 bits per heavy atom. The summed E-state index contributed by atoms with van der Waals surface area (Å²) in [5.74, 6) is -0.401. The quantitative estimate of drug-likeness (QED) is 0.826. The van der Waals surface area contributed by atoms with Crippen molar-refractivity contribution in [2.45, 2.75) is 4.90 Å². The molecular weight excluding hydrogens is 357 g/mol. The molecular formula is C16H13Cl2NO3S. The lowest BCUT2D eigenvalue weighted by atomic mass is 10.2. The second-order valence-corrected chi connectivity index (χ2v) is 7.65. The van der Waals surface area contributed by atoms with Crippen LogP contribution in [0.15, 0.2) is 53.4 Å². The zero-order valence-electron chi connectivity index (χ0n) is 12.1. The van der Waals surface area contributed by atoms with E-state index in [9.17, 15) is 13.2 Å². The highest BCUT2D eigenvalue weighted by atomic mass is 35.5. The van der Waals surface area contributed by atoms with Crippen LogP contribution in [0.3, 0.4) is 0 Å². The summed E-state index contributed by atoms with van der Waals surface area (Å²) in [5.41, 5.74) is 1.04. The van der Waals surface area contributed by atoms with Gasteiger partial charge in [0.25, 0.3) is 0 Å². The summed E-state index contributed by atoms with van der Waals surface area (Å²) < 4.78 is 23.0. The van der Waals surface area contributed by atoms with Crippen molar-refractivity contribution in [3.8, 4) is 0 Å². The Morgan fingerprint density at radius 1 is 1.13 bits per heavy atom. The second-order valence-electron chi connectivity index (χ2n) is 4.79. The molecule has 0 unspecified atom stereocenters. The molecule has 0 aliphatic carbocycles. The fourth-order valence-electron chi connectivity index (χ4n) is 1.79. The van der Waals surface area contributed by atoms with Gasteiger partial charge in [0.15, 0.2) is 9.84 Å². The molecule has 7 heteroatoms. The van der Waals surface area contributed by atoms with Gasteiger partial charge in [0.1, 0.15) is 0 Å². The van der Waals surface area contributed by atoms with Gasteiger partial charge in [-0.05, 0) is 42.0 Å². The Morgan fingerprint density at radius 3 is 2.52 bits per heavy atom. The van der Waals surface area contributed by atoms with E-state index in [1.165, 1.54) is 18.2 Å². The average Bonchev–Trinajstić information content (AvgIpc) is 2.45. The summed E-state index contributed by atoms with van der Waals surface area (Å²) in [7, 11) is -3.33. The number of halogens is 2. The molecule has 2 aromatic carbocycles. The summed E-state index contributed by atoms with van der Waals surface area (Å²) in [6, 6.07) is 11.0. The van der Waals surface area contributed by atoms with Crippen molar-refractivity contribution in [3.63, 3.8) is 0 Å². The largest absolute Gasteiger partial charge is 0.322 e. The molecule has 0 saturated carbocycles. The highest BCUT2D eigenvalue weighted by Gasteiger charge is 2.08. The van der Waals surface area contributed by atoms with E-state index in [1.807, 2.05) is 0 Å². The molecule has 0 bridgehead atoms. The first-order chi connectivity index (χ1) is 10.8. The maximum absolute atomic E-state index is 11.9. The Hall–Kier alpha value is -1.82. The molecule has 1 amide bonds. The number of hydrogen-bond donors (Lipinski definition) is 1. The fraction of sp³-hybridized carbons (Fsp3) is 0.0625. The van der Waals surface area contributed by atoms with Crippen molar-refractivity contribution in [3.05, 3.63) is 64.1 Å². The van der Waals surface area contributed by atoms with E-state index in [0.29, 0.717) is 21.3 Å². The molecule has 0 heterocycles. The van der Waals surface area contributed by atoms with Gasteiger partial charge in [-0.1, -0.05) is 35.3 Å². The van der Waals surface area contributed by atoms with Crippen LogP contribution in [0.4, 0.5) is 5.69 Å². The Kier molecular flexibility index (Phi) is 5.46. The van der Waals surface area contributed by atoms with Crippen LogP contribution in [0.5, 0.6) is 0 Å². The molecule has 0 aliphatic heterocycles. The van der Waals surface area contributed by atoms with E-state index in [1.54, 1.807) is 36.4 Å². The zero-order valence-corrected chi connectivity index (χ0v) is 14.4. The molecule has 0 fully saturated rings. The Labute approximate surface area is 144 Å². The number of carbonyl (C=O) groups excluding carboxylic acids is 1. The number of benzene rings is 2. The number of amides is 1. The molecule has 0 radical (unpaired) electrons. The van der Waals surface area contributed by atoms with E-state index in [4.69, 9.17) is 23.2 Å². The molecule has 0 spiro atoms. The molecule has 0 saturated heterocycles. The average molecular weight is 370 g/mol. The number of anilines is 1. The number of rotatable bonds is 4. The molecule has 2 aromatic rings. The monoisotopic (exact) mass is 369 g/mol. The Balaban J connectivity index is 2.12. The van der Waals surface area contributed by atoms with Gasteiger partial charge in [-0.25, -0.2) is 8.42 Å². The third-order valence-corrected chi connectivity index (χ3v) is 4.58. The molecule has 0 aromatic heterocycles. The van der Waals surface area contributed by atoms with Crippen LogP contribution < -0.4 is 5.32 Å². The van der Waals surface area contributed by atoms with Crippen molar-refractivity contribution < 1.29 is 13.2 Å². The minimum absolute atomic E-state index is 0.139. The van der Waals surface area contributed by atoms with Gasteiger partial charge < -0.3 is 5.32 Å². The van der Waals surface area contributed by atoms with Crippen molar-refractivity contribution >= 4 is 50.7 Å². The van der Waals surface area contributed by atoms with E-state index in [-0.39, 0.29) is 4.90 Å². The zero-order chi connectivity index (χ0) is 17.0. The highest BCUT2D eigenvalue weighted by molar-refractivity contribution is 7.90. The van der Waals surface area contributed by atoms with Crippen LogP contribution in [0.2, 0.25) is 10.0 Å². The van der Waals surface area contributed by atoms with Crippen LogP contribution in [-0.4, -0.2) is 20.6 Å². The van der Waals surface area contributed by atoms with Crippen molar-refractivity contribution in [1.29, 1.82) is 0 Å². The molecule has 1 N–H and O–H groups in total. The van der Waals surface area contributed by atoms with Crippen molar-refractivity contribution in [1.82, 2.24) is 0 Å². The first-order valence-corrected chi connectivity index (χ1v) is 9.15. The summed E-state index contributed by atoms with van der Waals surface area (Å²) >= 11 is 11.8. The second kappa shape index (κ2) is 7.17. The van der Waals surface area contributed by atoms with Crippen LogP contribution in [0.1, 0.15) is 5.56 Å². The van der Waals surface area contributed by atoms with E-state index >= 15 is 0 Å². The first kappa shape index (κ1) is 17.5. The molecule has 0 atom stereocenters. The standard InChI is InChI=1S/C16H13Cl2NO3S/c1-23(21,22)14-4-2-3-13(10-14)19-16(20)8-6-11-5-7-12(17)9-15(11)18/h2-10H,1H3,(H,19,20)/b8-6+. The van der Waals surface area contributed by atoms with Gasteiger partial charge in [-0.3, -0.25) is 4.79 Å². The van der Waals surface area contributed by atoms with Gasteiger partial charge in [-0.15, -0.1) is 0 Å². The third kappa shape index (κ3) is 5.10. The summed E-state index contributed by atoms with van der Waals surface area (Å²) in [4.78, 5) is 12.0. The minimum Gasteiger partial charge on any atom is -0.322 e. The molecule has 120 valence electrons. The fourth-order valence-corrected chi connectivity index (χ4v) is 2.93. The lowest BCUT2D eigenvalue weighted by Crippen LogP contribution is -2.08. The lowest BCUT2D eigenvalue weighted by molar-refractivity contribution is -0.111. The maximum atomic E-state index is 11.9. The molecule has 4 nitrogen and oxygen atoms in total. The van der Waals surface area contributed by atoms with Crippen molar-refractivity contribution in [2.24, 2.45) is 0 Å². The van der Waals surface area contributed by atoms with Crippen LogP contribution in [0.25, 0.3) is 6.08 Å². The SMILES string of the molecule is CS(=O)(=O)c1cccc(NC(=O)/C=C/c2ccc(Cl)cc2Cl)c1. The first-order valence-electron chi connectivity index (χ1n) is 6.50. The normalized spacial score (nSPS) is 11.6. The summed E-state index contributed by atoms with van der Waals surface area (Å²) in [5, 5.41) is 3.54. The van der Waals surface area contributed by atoms with Gasteiger partial charge in [0.05, 0.1) is 4.90 Å². The van der Waals surface area contributed by atoms with Gasteiger partial charge in [0.2, 0.25) is 5.91 Å². The smallest absolute Gasteiger partial charge is 0.248 e. The third-order valence-electron chi connectivity index (χ3n) is 2.91. The number of nitrogens with one attached hydrogen (secondary N) is 1. The van der Waals surface area contributed by atoms with Crippen LogP contribution >= 0.6 is 23.2 Å².